The summed E-state index contributed by atoms with van der Waals surface area (Å²) in [6.45, 7) is 1.98. The predicted octanol–water partition coefficient (Wildman–Crippen LogP) is 2.79. The van der Waals surface area contributed by atoms with Crippen molar-refractivity contribution in [1.82, 2.24) is 20.4 Å². The van der Waals surface area contributed by atoms with E-state index in [-0.39, 0.29) is 11.5 Å². The van der Waals surface area contributed by atoms with Crippen LogP contribution in [-0.2, 0) is 4.79 Å². The van der Waals surface area contributed by atoms with Crippen molar-refractivity contribution < 1.29 is 14.0 Å². The Balaban J connectivity index is 1.61. The van der Waals surface area contributed by atoms with Gasteiger partial charge in [0.1, 0.15) is 11.5 Å². The number of nitrogens with one attached hydrogen (secondary N) is 2. The summed E-state index contributed by atoms with van der Waals surface area (Å²) in [4.78, 5) is 28.1. The van der Waals surface area contributed by atoms with Gasteiger partial charge in [0.2, 0.25) is 0 Å². The Morgan fingerprint density at radius 1 is 1.04 bits per heavy atom. The van der Waals surface area contributed by atoms with Crippen LogP contribution in [0.2, 0.25) is 0 Å². The van der Waals surface area contributed by atoms with E-state index in [2.05, 4.69) is 15.8 Å². The van der Waals surface area contributed by atoms with Gasteiger partial charge in [0.25, 0.3) is 11.8 Å². The smallest absolute Gasteiger partial charge is 0.288 e. The average molecular weight is 364 g/mol. The van der Waals surface area contributed by atoms with Crippen LogP contribution in [0.4, 0.5) is 4.39 Å². The molecule has 2 aromatic carbocycles. The Morgan fingerprint density at radius 2 is 1.74 bits per heavy atom. The summed E-state index contributed by atoms with van der Waals surface area (Å²) >= 11 is 0. The van der Waals surface area contributed by atoms with E-state index in [1.54, 1.807) is 6.08 Å². The summed E-state index contributed by atoms with van der Waals surface area (Å²) in [7, 11) is 0. The Hall–Kier alpha value is -3.74. The molecule has 0 aliphatic heterocycles. The second-order valence-electron chi connectivity index (χ2n) is 5.81. The minimum absolute atomic E-state index is 0.199. The summed E-state index contributed by atoms with van der Waals surface area (Å²) in [6, 6.07) is 13.3. The largest absolute Gasteiger partial charge is 0.295 e. The zero-order chi connectivity index (χ0) is 19.2. The number of hydrogen-bond donors (Lipinski definition) is 2. The summed E-state index contributed by atoms with van der Waals surface area (Å²) in [6.07, 6.45) is 5.75. The van der Waals surface area contributed by atoms with E-state index in [0.717, 1.165) is 11.1 Å². The number of nitrogens with zero attached hydrogens (tertiary/aromatic N) is 2. The van der Waals surface area contributed by atoms with E-state index in [4.69, 9.17) is 0 Å². The van der Waals surface area contributed by atoms with Crippen LogP contribution in [0.3, 0.4) is 0 Å². The van der Waals surface area contributed by atoms with Crippen molar-refractivity contribution in [2.75, 3.05) is 0 Å². The van der Waals surface area contributed by atoms with Gasteiger partial charge in [-0.2, -0.15) is 0 Å². The molecule has 0 saturated heterocycles. The van der Waals surface area contributed by atoms with Crippen LogP contribution in [0, 0.1) is 12.7 Å². The van der Waals surface area contributed by atoms with Gasteiger partial charge in [0.15, 0.2) is 0 Å². The molecule has 7 heteroatoms. The maximum Gasteiger partial charge on any atom is 0.288 e. The van der Waals surface area contributed by atoms with Crippen molar-refractivity contribution >= 4 is 17.9 Å². The fourth-order valence-corrected chi connectivity index (χ4v) is 2.34. The van der Waals surface area contributed by atoms with Crippen LogP contribution < -0.4 is 10.9 Å². The molecule has 0 bridgehead atoms. The number of aryl methyl sites for hydroxylation is 1. The lowest BCUT2D eigenvalue weighted by molar-refractivity contribution is -0.117. The minimum atomic E-state index is -0.547. The lowest BCUT2D eigenvalue weighted by Gasteiger charge is -2.09. The van der Waals surface area contributed by atoms with Crippen molar-refractivity contribution in [3.05, 3.63) is 89.8 Å². The van der Waals surface area contributed by atoms with Gasteiger partial charge < -0.3 is 0 Å². The molecule has 0 unspecified atom stereocenters. The van der Waals surface area contributed by atoms with Crippen molar-refractivity contribution in [2.24, 2.45) is 0 Å². The summed E-state index contributed by atoms with van der Waals surface area (Å²) in [5.41, 5.74) is 7.41. The predicted molar refractivity (Wildman–Crippen MR) is 99.3 cm³/mol. The summed E-state index contributed by atoms with van der Waals surface area (Å²) < 4.78 is 14.5. The molecule has 0 spiro atoms. The SMILES string of the molecule is Cc1ccc(/C=C/C(=O)NNC(=O)c2cncn2-c2ccc(F)cc2)cc1. The van der Waals surface area contributed by atoms with Crippen LogP contribution in [0.1, 0.15) is 21.6 Å². The number of hydrazine groups is 1. The highest BCUT2D eigenvalue weighted by atomic mass is 19.1. The van der Waals surface area contributed by atoms with E-state index in [1.807, 2.05) is 31.2 Å². The molecule has 3 aromatic rings. The quantitative estimate of drug-likeness (QED) is 0.552. The zero-order valence-electron chi connectivity index (χ0n) is 14.5. The van der Waals surface area contributed by atoms with Gasteiger partial charge in [0.05, 0.1) is 12.5 Å². The normalized spacial score (nSPS) is 10.7. The van der Waals surface area contributed by atoms with E-state index in [0.29, 0.717) is 5.69 Å². The first kappa shape index (κ1) is 18.1. The fraction of sp³-hybridized carbons (Fsp3) is 0.0500. The van der Waals surface area contributed by atoms with Crippen LogP contribution >= 0.6 is 0 Å². The number of hydrogen-bond acceptors (Lipinski definition) is 3. The van der Waals surface area contributed by atoms with Crippen LogP contribution in [0.15, 0.2) is 67.1 Å². The highest BCUT2D eigenvalue weighted by Crippen LogP contribution is 2.12. The van der Waals surface area contributed by atoms with Gasteiger partial charge >= 0.3 is 0 Å². The van der Waals surface area contributed by atoms with Crippen molar-refractivity contribution in [3.8, 4) is 5.69 Å². The monoisotopic (exact) mass is 364 g/mol. The number of carbonyl (C=O) groups is 2. The molecular weight excluding hydrogens is 347 g/mol. The Morgan fingerprint density at radius 3 is 2.44 bits per heavy atom. The van der Waals surface area contributed by atoms with Crippen molar-refractivity contribution in [1.29, 1.82) is 0 Å². The lowest BCUT2D eigenvalue weighted by Crippen LogP contribution is -2.41. The standard InChI is InChI=1S/C20H17FN4O2/c1-14-2-4-15(5-3-14)6-11-19(26)23-24-20(27)18-12-22-13-25(18)17-9-7-16(21)8-10-17/h2-13H,1H3,(H,23,26)(H,24,27)/b11-6+. The summed E-state index contributed by atoms with van der Waals surface area (Å²) in [5, 5.41) is 0. The highest BCUT2D eigenvalue weighted by molar-refractivity contribution is 5.97. The third kappa shape index (κ3) is 4.66. The molecule has 0 fully saturated rings. The first-order chi connectivity index (χ1) is 13.0. The number of benzene rings is 2. The minimum Gasteiger partial charge on any atom is -0.295 e. The molecule has 2 N–H and O–H groups in total. The van der Waals surface area contributed by atoms with E-state index < -0.39 is 11.8 Å². The molecular formula is C20H17FN4O2. The summed E-state index contributed by atoms with van der Waals surface area (Å²) in [5.74, 6) is -1.40. The van der Waals surface area contributed by atoms with Gasteiger partial charge in [-0.05, 0) is 42.8 Å². The molecule has 2 amide bonds. The Bertz CT molecular complexity index is 976. The second kappa shape index (κ2) is 8.09. The third-order valence-corrected chi connectivity index (χ3v) is 3.78. The number of aromatic nitrogens is 2. The lowest BCUT2D eigenvalue weighted by atomic mass is 10.1. The second-order valence-corrected chi connectivity index (χ2v) is 5.81. The van der Waals surface area contributed by atoms with E-state index in [9.17, 15) is 14.0 Å². The molecule has 0 aliphatic rings. The van der Waals surface area contributed by atoms with Gasteiger partial charge in [-0.15, -0.1) is 0 Å². The van der Waals surface area contributed by atoms with Gasteiger partial charge in [-0.3, -0.25) is 25.0 Å². The van der Waals surface area contributed by atoms with E-state index >= 15 is 0 Å². The molecule has 0 radical (unpaired) electrons. The molecule has 1 heterocycles. The molecule has 1 aromatic heterocycles. The number of imidazole rings is 1. The number of halogens is 1. The molecule has 0 aliphatic carbocycles. The topological polar surface area (TPSA) is 76.0 Å². The molecule has 3 rings (SSSR count). The molecule has 6 nitrogen and oxygen atoms in total. The van der Waals surface area contributed by atoms with Gasteiger partial charge in [0, 0.05) is 11.8 Å². The van der Waals surface area contributed by atoms with Crippen molar-refractivity contribution in [2.45, 2.75) is 6.92 Å². The van der Waals surface area contributed by atoms with Gasteiger partial charge in [-0.25, -0.2) is 9.37 Å². The zero-order valence-corrected chi connectivity index (χ0v) is 14.5. The van der Waals surface area contributed by atoms with Crippen LogP contribution in [0.5, 0.6) is 0 Å². The molecule has 27 heavy (non-hydrogen) atoms. The first-order valence-corrected chi connectivity index (χ1v) is 8.16. The molecule has 0 atom stereocenters. The third-order valence-electron chi connectivity index (χ3n) is 3.78. The molecule has 136 valence electrons. The van der Waals surface area contributed by atoms with Crippen LogP contribution in [0.25, 0.3) is 11.8 Å². The number of rotatable bonds is 4. The van der Waals surface area contributed by atoms with Crippen molar-refractivity contribution in [3.63, 3.8) is 0 Å². The van der Waals surface area contributed by atoms with E-state index in [1.165, 1.54) is 47.4 Å². The highest BCUT2D eigenvalue weighted by Gasteiger charge is 2.13. The maximum atomic E-state index is 13.1. The number of amides is 2. The Kier molecular flexibility index (Phi) is 5.41. The average Bonchev–Trinajstić information content (AvgIpc) is 3.16. The molecule has 0 saturated carbocycles. The van der Waals surface area contributed by atoms with Gasteiger partial charge in [-0.1, -0.05) is 29.8 Å². The Labute approximate surface area is 155 Å². The maximum absolute atomic E-state index is 13.1. The van der Waals surface area contributed by atoms with Crippen LogP contribution in [-0.4, -0.2) is 21.4 Å². The first-order valence-electron chi connectivity index (χ1n) is 8.16. The fourth-order valence-electron chi connectivity index (χ4n) is 2.34. The number of carbonyl (C=O) groups excluding carboxylic acids is 2.